The molecule has 0 fully saturated rings. The molecule has 1 N–H and O–H groups in total. The maximum Gasteiger partial charge on any atom is 0.276 e. The fourth-order valence-electron chi connectivity index (χ4n) is 2.90. The first-order valence-corrected chi connectivity index (χ1v) is 9.35. The summed E-state index contributed by atoms with van der Waals surface area (Å²) in [7, 11) is 0. The lowest BCUT2D eigenvalue weighted by Crippen LogP contribution is -2.16. The van der Waals surface area contributed by atoms with Crippen LogP contribution in [0.1, 0.15) is 26.6 Å². The Morgan fingerprint density at radius 1 is 1.04 bits per heavy atom. The molecule has 28 heavy (non-hydrogen) atoms. The lowest BCUT2D eigenvalue weighted by molar-refractivity contribution is 0.102. The molecule has 0 spiro atoms. The van der Waals surface area contributed by atoms with Crippen LogP contribution in [-0.4, -0.2) is 35.4 Å². The number of imidazole rings is 1. The Morgan fingerprint density at radius 2 is 1.82 bits per heavy atom. The molecule has 0 aliphatic carbocycles. The third-order valence-electron chi connectivity index (χ3n) is 4.05. The molecule has 0 aliphatic heterocycles. The molecule has 0 aromatic carbocycles. The minimum absolute atomic E-state index is 0.310. The van der Waals surface area contributed by atoms with Gasteiger partial charge in [0.2, 0.25) is 0 Å². The Bertz CT molecular complexity index is 1130. The van der Waals surface area contributed by atoms with Crippen molar-refractivity contribution < 1.29 is 4.79 Å². The number of aromatic nitrogens is 6. The number of anilines is 1. The molecular formula is C19H17N7OS. The number of hydrogen-bond acceptors (Lipinski definition) is 7. The molecule has 4 heterocycles. The van der Waals surface area contributed by atoms with Crippen molar-refractivity contribution in [3.63, 3.8) is 0 Å². The second kappa shape index (κ2) is 7.28. The van der Waals surface area contributed by atoms with Crippen molar-refractivity contribution in [1.29, 1.82) is 0 Å². The highest BCUT2D eigenvalue weighted by Gasteiger charge is 2.17. The molecule has 9 heteroatoms. The molecule has 0 radical (unpaired) electrons. The summed E-state index contributed by atoms with van der Waals surface area (Å²) in [5.41, 5.74) is 4.65. The Labute approximate surface area is 165 Å². The number of aryl methyl sites for hydroxylation is 3. The minimum atomic E-state index is -0.310. The average Bonchev–Trinajstić information content (AvgIpc) is 3.28. The van der Waals surface area contributed by atoms with Crippen LogP contribution in [0.4, 0.5) is 5.13 Å². The van der Waals surface area contributed by atoms with Gasteiger partial charge in [0.25, 0.3) is 5.91 Å². The quantitative estimate of drug-likeness (QED) is 0.573. The van der Waals surface area contributed by atoms with E-state index in [2.05, 4.69) is 30.2 Å². The summed E-state index contributed by atoms with van der Waals surface area (Å²) in [5, 5.41) is 3.36. The van der Waals surface area contributed by atoms with E-state index in [9.17, 15) is 4.79 Å². The van der Waals surface area contributed by atoms with Gasteiger partial charge in [0.05, 0.1) is 36.3 Å². The molecule has 0 atom stereocenters. The van der Waals surface area contributed by atoms with Gasteiger partial charge in [-0.1, -0.05) is 0 Å². The number of pyridine rings is 1. The molecule has 140 valence electrons. The summed E-state index contributed by atoms with van der Waals surface area (Å²) in [5.74, 6) is -0.310. The van der Waals surface area contributed by atoms with E-state index >= 15 is 0 Å². The van der Waals surface area contributed by atoms with Crippen LogP contribution in [0.15, 0.2) is 43.4 Å². The van der Waals surface area contributed by atoms with Crippen LogP contribution in [-0.2, 0) is 0 Å². The topological polar surface area (TPSA) is 98.5 Å². The van der Waals surface area contributed by atoms with E-state index in [-0.39, 0.29) is 5.91 Å². The van der Waals surface area contributed by atoms with Crippen molar-refractivity contribution in [2.75, 3.05) is 5.32 Å². The summed E-state index contributed by atoms with van der Waals surface area (Å²) >= 11 is 1.41. The lowest BCUT2D eigenvalue weighted by atomic mass is 10.2. The number of hydrogen-bond donors (Lipinski definition) is 1. The highest BCUT2D eigenvalue weighted by atomic mass is 32.1. The second-order valence-electron chi connectivity index (χ2n) is 6.29. The normalized spacial score (nSPS) is 10.8. The zero-order valence-electron chi connectivity index (χ0n) is 15.5. The molecule has 0 aliphatic rings. The van der Waals surface area contributed by atoms with Gasteiger partial charge in [-0.05, 0) is 38.5 Å². The van der Waals surface area contributed by atoms with E-state index in [0.29, 0.717) is 16.5 Å². The van der Waals surface area contributed by atoms with Crippen LogP contribution in [0.3, 0.4) is 0 Å². The van der Waals surface area contributed by atoms with Gasteiger partial charge in [-0.15, -0.1) is 11.3 Å². The summed E-state index contributed by atoms with van der Waals surface area (Å²) in [6, 6.07) is 4.01. The van der Waals surface area contributed by atoms with Crippen LogP contribution in [0.25, 0.3) is 17.1 Å². The zero-order chi connectivity index (χ0) is 19.7. The molecule has 0 unspecified atom stereocenters. The summed E-state index contributed by atoms with van der Waals surface area (Å²) in [6.07, 6.45) is 7.70. The fraction of sp³-hybridized carbons (Fsp3) is 0.158. The maximum atomic E-state index is 12.8. The molecule has 8 nitrogen and oxygen atoms in total. The monoisotopic (exact) mass is 391 g/mol. The van der Waals surface area contributed by atoms with Crippen molar-refractivity contribution in [1.82, 2.24) is 29.5 Å². The number of amides is 1. The van der Waals surface area contributed by atoms with Crippen molar-refractivity contribution in [3.8, 4) is 17.1 Å². The number of carbonyl (C=O) groups excluding carboxylic acids is 1. The molecule has 4 aromatic heterocycles. The Morgan fingerprint density at radius 3 is 2.57 bits per heavy atom. The van der Waals surface area contributed by atoms with Gasteiger partial charge in [0, 0.05) is 10.6 Å². The van der Waals surface area contributed by atoms with Crippen molar-refractivity contribution in [2.24, 2.45) is 0 Å². The Kier molecular flexibility index (Phi) is 4.66. The van der Waals surface area contributed by atoms with Gasteiger partial charge in [-0.25, -0.2) is 19.9 Å². The van der Waals surface area contributed by atoms with Crippen molar-refractivity contribution >= 4 is 22.4 Å². The number of nitrogens with zero attached hydrogens (tertiary/aromatic N) is 6. The van der Waals surface area contributed by atoms with Crippen LogP contribution < -0.4 is 5.32 Å². The second-order valence-corrected chi connectivity index (χ2v) is 7.50. The minimum Gasteiger partial charge on any atom is -0.296 e. The van der Waals surface area contributed by atoms with E-state index in [0.717, 1.165) is 27.5 Å². The lowest BCUT2D eigenvalue weighted by Gasteiger charge is -2.06. The van der Waals surface area contributed by atoms with Gasteiger partial charge in [-0.2, -0.15) is 0 Å². The van der Waals surface area contributed by atoms with Crippen LogP contribution in [0, 0.1) is 20.8 Å². The summed E-state index contributed by atoms with van der Waals surface area (Å²) in [6.45, 7) is 5.94. The fourth-order valence-corrected chi connectivity index (χ4v) is 3.71. The van der Waals surface area contributed by atoms with Gasteiger partial charge in [0.1, 0.15) is 17.7 Å². The van der Waals surface area contributed by atoms with E-state index in [1.165, 1.54) is 23.9 Å². The van der Waals surface area contributed by atoms with Crippen molar-refractivity contribution in [2.45, 2.75) is 20.8 Å². The molecule has 0 saturated carbocycles. The molecule has 0 bridgehead atoms. The average molecular weight is 391 g/mol. The number of carbonyl (C=O) groups is 1. The highest BCUT2D eigenvalue weighted by molar-refractivity contribution is 7.16. The first-order chi connectivity index (χ1) is 13.5. The smallest absolute Gasteiger partial charge is 0.276 e. The molecular weight excluding hydrogens is 374 g/mol. The zero-order valence-corrected chi connectivity index (χ0v) is 16.4. The first-order valence-electron chi connectivity index (χ1n) is 8.53. The maximum absolute atomic E-state index is 12.8. The van der Waals surface area contributed by atoms with Crippen LogP contribution in [0.5, 0.6) is 0 Å². The van der Waals surface area contributed by atoms with E-state index in [1.807, 2.05) is 32.9 Å². The third kappa shape index (κ3) is 3.52. The predicted molar refractivity (Wildman–Crippen MR) is 107 cm³/mol. The molecule has 4 rings (SSSR count). The number of thiazole rings is 1. The highest BCUT2D eigenvalue weighted by Crippen LogP contribution is 2.30. The first kappa shape index (κ1) is 17.9. The molecule has 0 saturated heterocycles. The number of rotatable bonds is 4. The SMILES string of the molecule is Cc1cc(C)nc(-c2nc(NC(=O)c3cncn3-c3cncnc3)sc2C)c1. The van der Waals surface area contributed by atoms with E-state index in [1.54, 1.807) is 23.3 Å². The summed E-state index contributed by atoms with van der Waals surface area (Å²) in [4.78, 5) is 34.9. The van der Waals surface area contributed by atoms with Crippen LogP contribution in [0.2, 0.25) is 0 Å². The van der Waals surface area contributed by atoms with Gasteiger partial charge in [-0.3, -0.25) is 19.7 Å². The summed E-state index contributed by atoms with van der Waals surface area (Å²) < 4.78 is 1.63. The van der Waals surface area contributed by atoms with E-state index < -0.39 is 0 Å². The van der Waals surface area contributed by atoms with Crippen molar-refractivity contribution in [3.05, 3.63) is 65.2 Å². The predicted octanol–water partition coefficient (Wildman–Crippen LogP) is 3.36. The molecule has 1 amide bonds. The Hall–Kier alpha value is -3.46. The van der Waals surface area contributed by atoms with Gasteiger partial charge < -0.3 is 0 Å². The van der Waals surface area contributed by atoms with Gasteiger partial charge >= 0.3 is 0 Å². The number of nitrogens with one attached hydrogen (secondary N) is 1. The molecule has 4 aromatic rings. The standard InChI is InChI=1S/C19H17N7OS/c1-11-4-12(2)23-15(5-11)17-13(3)28-19(24-17)25-18(27)16-8-22-10-26(16)14-6-20-9-21-7-14/h4-10H,1-3H3,(H,24,25,27). The Balaban J connectivity index is 1.61. The third-order valence-corrected chi connectivity index (χ3v) is 4.94. The van der Waals surface area contributed by atoms with E-state index in [4.69, 9.17) is 0 Å². The van der Waals surface area contributed by atoms with Gasteiger partial charge in [0.15, 0.2) is 5.13 Å². The van der Waals surface area contributed by atoms with Crippen LogP contribution >= 0.6 is 11.3 Å². The largest absolute Gasteiger partial charge is 0.296 e.